The van der Waals surface area contributed by atoms with E-state index in [-0.39, 0.29) is 17.9 Å². The van der Waals surface area contributed by atoms with Gasteiger partial charge in [0.15, 0.2) is 5.96 Å². The molecule has 1 fully saturated rings. The van der Waals surface area contributed by atoms with E-state index in [2.05, 4.69) is 53.4 Å². The predicted octanol–water partition coefficient (Wildman–Crippen LogP) is 2.86. The van der Waals surface area contributed by atoms with Gasteiger partial charge in [0, 0.05) is 42.9 Å². The minimum atomic E-state index is 0.0408. The van der Waals surface area contributed by atoms with Crippen molar-refractivity contribution in [1.29, 1.82) is 0 Å². The number of aromatic nitrogens is 2. The molecule has 0 saturated carbocycles. The van der Waals surface area contributed by atoms with Gasteiger partial charge in [-0.3, -0.25) is 9.48 Å². The maximum atomic E-state index is 12.3. The molecule has 2 aromatic rings. The highest BCUT2D eigenvalue weighted by molar-refractivity contribution is 5.81. The highest BCUT2D eigenvalue weighted by Gasteiger charge is 2.28. The minimum Gasteiger partial charge on any atom is -0.357 e. The summed E-state index contributed by atoms with van der Waals surface area (Å²) >= 11 is 0. The van der Waals surface area contributed by atoms with Crippen LogP contribution in [0.15, 0.2) is 35.3 Å². The molecule has 0 radical (unpaired) electrons. The lowest BCUT2D eigenvalue weighted by molar-refractivity contribution is -0.133. The number of rotatable bonds is 7. The van der Waals surface area contributed by atoms with Crippen molar-refractivity contribution in [3.05, 3.63) is 52.8 Å². The topological polar surface area (TPSA) is 74.6 Å². The van der Waals surface area contributed by atoms with Crippen LogP contribution >= 0.6 is 0 Å². The van der Waals surface area contributed by atoms with E-state index in [9.17, 15) is 4.79 Å². The van der Waals surface area contributed by atoms with Crippen molar-refractivity contribution < 1.29 is 4.79 Å². The number of likely N-dealkylation sites (tertiary alicyclic amines) is 1. The van der Waals surface area contributed by atoms with Crippen LogP contribution in [0, 0.1) is 19.8 Å². The van der Waals surface area contributed by atoms with Crippen molar-refractivity contribution in [1.82, 2.24) is 25.3 Å². The molecule has 1 aromatic heterocycles. The van der Waals surface area contributed by atoms with Crippen molar-refractivity contribution in [2.45, 2.75) is 60.2 Å². The molecular formula is C24H36N6O. The van der Waals surface area contributed by atoms with Gasteiger partial charge in [-0.2, -0.15) is 5.10 Å². The summed E-state index contributed by atoms with van der Waals surface area (Å²) in [5, 5.41) is 11.6. The van der Waals surface area contributed by atoms with Gasteiger partial charge in [-0.05, 0) is 32.8 Å². The van der Waals surface area contributed by atoms with E-state index in [1.165, 1.54) is 5.56 Å². The Labute approximate surface area is 185 Å². The Kier molecular flexibility index (Phi) is 7.71. The van der Waals surface area contributed by atoms with Crippen molar-refractivity contribution in [3.63, 3.8) is 0 Å². The van der Waals surface area contributed by atoms with Gasteiger partial charge in [-0.15, -0.1) is 0 Å². The summed E-state index contributed by atoms with van der Waals surface area (Å²) in [5.74, 6) is 1.06. The summed E-state index contributed by atoms with van der Waals surface area (Å²) in [6, 6.07) is 10.6. The first-order chi connectivity index (χ1) is 14.9. The molecule has 0 bridgehead atoms. The van der Waals surface area contributed by atoms with Crippen molar-refractivity contribution >= 4 is 11.9 Å². The normalized spacial score (nSPS) is 16.8. The zero-order chi connectivity index (χ0) is 22.4. The number of hydrogen-bond acceptors (Lipinski definition) is 3. The summed E-state index contributed by atoms with van der Waals surface area (Å²) in [6.45, 7) is 13.8. The Bertz CT molecular complexity index is 902. The summed E-state index contributed by atoms with van der Waals surface area (Å²) in [5.41, 5.74) is 4.56. The number of carbonyl (C=O) groups is 1. The van der Waals surface area contributed by atoms with Crippen molar-refractivity contribution in [2.24, 2.45) is 10.9 Å². The highest BCUT2D eigenvalue weighted by Crippen LogP contribution is 2.16. The average Bonchev–Trinajstić information content (AvgIpc) is 3.31. The first kappa shape index (κ1) is 22.8. The first-order valence-corrected chi connectivity index (χ1v) is 11.3. The number of amides is 1. The molecular weight excluding hydrogens is 388 g/mol. The number of nitrogens with one attached hydrogen (secondary N) is 2. The van der Waals surface area contributed by atoms with Gasteiger partial charge in [0.2, 0.25) is 5.91 Å². The molecule has 1 aromatic carbocycles. The number of hydrogen-bond donors (Lipinski definition) is 2. The number of guanidine groups is 1. The molecule has 1 amide bonds. The number of aryl methyl sites for hydroxylation is 1. The second kappa shape index (κ2) is 10.5. The maximum absolute atomic E-state index is 12.3. The van der Waals surface area contributed by atoms with Crippen LogP contribution in [0.3, 0.4) is 0 Å². The van der Waals surface area contributed by atoms with E-state index < -0.39 is 0 Å². The fourth-order valence-electron chi connectivity index (χ4n) is 3.99. The van der Waals surface area contributed by atoms with Gasteiger partial charge >= 0.3 is 0 Å². The molecule has 2 heterocycles. The molecule has 3 rings (SSSR count). The summed E-state index contributed by atoms with van der Waals surface area (Å²) in [4.78, 5) is 19.0. The molecule has 1 saturated heterocycles. The molecule has 0 spiro atoms. The number of aliphatic imine (C=N–C) groups is 1. The standard InChI is InChI=1S/C24H36N6O/c1-6-25-24(27-21-12-13-29(16-21)23(31)17(2)3)26-14-22-18(4)28-30(19(22)5)15-20-10-8-7-9-11-20/h7-11,17,21H,6,12-16H2,1-5H3,(H2,25,26,27). The van der Waals surface area contributed by atoms with E-state index in [0.717, 1.165) is 55.5 Å². The maximum Gasteiger partial charge on any atom is 0.225 e. The van der Waals surface area contributed by atoms with Crippen LogP contribution in [-0.4, -0.2) is 52.2 Å². The Balaban J connectivity index is 1.66. The van der Waals surface area contributed by atoms with Gasteiger partial charge in [0.05, 0.1) is 18.8 Å². The molecule has 168 valence electrons. The summed E-state index contributed by atoms with van der Waals surface area (Å²) < 4.78 is 2.06. The van der Waals surface area contributed by atoms with E-state index in [1.807, 2.05) is 31.7 Å². The van der Waals surface area contributed by atoms with Gasteiger partial charge in [0.25, 0.3) is 0 Å². The number of benzene rings is 1. The van der Waals surface area contributed by atoms with Crippen LogP contribution in [0.4, 0.5) is 0 Å². The molecule has 1 aliphatic rings. The van der Waals surface area contributed by atoms with E-state index in [1.54, 1.807) is 0 Å². The summed E-state index contributed by atoms with van der Waals surface area (Å²) in [6.07, 6.45) is 0.940. The molecule has 0 aliphatic carbocycles. The SMILES string of the molecule is CCNC(=NCc1c(C)nn(Cc2ccccc2)c1C)NC1CCN(C(=O)C(C)C)C1. The Morgan fingerprint density at radius 2 is 2.00 bits per heavy atom. The third kappa shape index (κ3) is 5.87. The Morgan fingerprint density at radius 3 is 2.68 bits per heavy atom. The fraction of sp³-hybridized carbons (Fsp3) is 0.542. The molecule has 7 heteroatoms. The van der Waals surface area contributed by atoms with Crippen LogP contribution in [-0.2, 0) is 17.9 Å². The molecule has 1 aliphatic heterocycles. The molecule has 7 nitrogen and oxygen atoms in total. The van der Waals surface area contributed by atoms with Crippen LogP contribution in [0.5, 0.6) is 0 Å². The Hall–Kier alpha value is -2.83. The summed E-state index contributed by atoms with van der Waals surface area (Å²) in [7, 11) is 0. The monoisotopic (exact) mass is 424 g/mol. The lowest BCUT2D eigenvalue weighted by atomic mass is 10.2. The van der Waals surface area contributed by atoms with Gasteiger partial charge in [0.1, 0.15) is 0 Å². The highest BCUT2D eigenvalue weighted by atomic mass is 16.2. The van der Waals surface area contributed by atoms with Gasteiger partial charge in [-0.1, -0.05) is 44.2 Å². The number of nitrogens with zero attached hydrogens (tertiary/aromatic N) is 4. The Morgan fingerprint density at radius 1 is 1.26 bits per heavy atom. The zero-order valence-electron chi connectivity index (χ0n) is 19.5. The van der Waals surface area contributed by atoms with Crippen molar-refractivity contribution in [2.75, 3.05) is 19.6 Å². The van der Waals surface area contributed by atoms with Gasteiger partial charge < -0.3 is 15.5 Å². The third-order valence-electron chi connectivity index (χ3n) is 5.78. The largest absolute Gasteiger partial charge is 0.357 e. The van der Waals surface area contributed by atoms with Crippen molar-refractivity contribution in [3.8, 4) is 0 Å². The quantitative estimate of drug-likeness (QED) is 0.529. The lowest BCUT2D eigenvalue weighted by Crippen LogP contribution is -2.45. The molecule has 1 atom stereocenters. The number of carbonyl (C=O) groups excluding carboxylic acids is 1. The van der Waals surface area contributed by atoms with Crippen LogP contribution in [0.1, 0.15) is 49.7 Å². The van der Waals surface area contributed by atoms with Crippen LogP contribution in [0.25, 0.3) is 0 Å². The first-order valence-electron chi connectivity index (χ1n) is 11.3. The van der Waals surface area contributed by atoms with Crippen LogP contribution < -0.4 is 10.6 Å². The second-order valence-corrected chi connectivity index (χ2v) is 8.56. The van der Waals surface area contributed by atoms with Crippen LogP contribution in [0.2, 0.25) is 0 Å². The molecule has 2 N–H and O–H groups in total. The molecule has 31 heavy (non-hydrogen) atoms. The lowest BCUT2D eigenvalue weighted by Gasteiger charge is -2.20. The van der Waals surface area contributed by atoms with E-state index in [4.69, 9.17) is 10.1 Å². The fourth-order valence-corrected chi connectivity index (χ4v) is 3.99. The predicted molar refractivity (Wildman–Crippen MR) is 125 cm³/mol. The molecule has 1 unspecified atom stereocenters. The second-order valence-electron chi connectivity index (χ2n) is 8.56. The van der Waals surface area contributed by atoms with Gasteiger partial charge in [-0.25, -0.2) is 4.99 Å². The smallest absolute Gasteiger partial charge is 0.225 e. The van der Waals surface area contributed by atoms with E-state index >= 15 is 0 Å². The average molecular weight is 425 g/mol. The third-order valence-corrected chi connectivity index (χ3v) is 5.78. The van der Waals surface area contributed by atoms with E-state index in [0.29, 0.717) is 6.54 Å². The zero-order valence-corrected chi connectivity index (χ0v) is 19.5. The minimum absolute atomic E-state index is 0.0408.